The molecule has 0 radical (unpaired) electrons. The smallest absolute Gasteiger partial charge is 0.126 e. The molecule has 0 heterocycles. The van der Waals surface area contributed by atoms with Gasteiger partial charge in [0, 0.05) is 11.4 Å². The molecule has 1 rings (SSSR count). The van der Waals surface area contributed by atoms with Crippen LogP contribution in [0.25, 0.3) is 0 Å². The van der Waals surface area contributed by atoms with Crippen LogP contribution < -0.4 is 9.47 Å². The standard InChI is InChI=1S/C21H31ClO2/c1-14(9-8-10-15(2)13-22)11-12-19-18(5)20(23-6)16(3)17(4)21(19)24-7/h10-11H,8-9,12-13H2,1-7H3/b14-11+,15-10?. The Bertz CT molecular complexity index is 627. The van der Waals surface area contributed by atoms with Crippen molar-refractivity contribution in [3.8, 4) is 11.5 Å². The molecule has 0 atom stereocenters. The van der Waals surface area contributed by atoms with Crippen molar-refractivity contribution in [1.29, 1.82) is 0 Å². The zero-order valence-corrected chi connectivity index (χ0v) is 16.9. The third-order valence-electron chi connectivity index (χ3n) is 4.62. The van der Waals surface area contributed by atoms with Crippen LogP contribution >= 0.6 is 11.6 Å². The van der Waals surface area contributed by atoms with Crippen molar-refractivity contribution < 1.29 is 9.47 Å². The van der Waals surface area contributed by atoms with Gasteiger partial charge in [-0.25, -0.2) is 0 Å². The first-order chi connectivity index (χ1) is 11.4. The molecule has 0 aliphatic rings. The molecular formula is C21H31ClO2. The van der Waals surface area contributed by atoms with E-state index in [1.54, 1.807) is 14.2 Å². The van der Waals surface area contributed by atoms with Crippen LogP contribution in [0.5, 0.6) is 11.5 Å². The number of alkyl halides is 1. The van der Waals surface area contributed by atoms with Gasteiger partial charge in [-0.15, -0.1) is 11.6 Å². The van der Waals surface area contributed by atoms with Crippen LogP contribution in [0, 0.1) is 20.8 Å². The molecule has 3 heteroatoms. The van der Waals surface area contributed by atoms with E-state index in [0.717, 1.165) is 41.9 Å². The molecule has 0 aromatic heterocycles. The highest BCUT2D eigenvalue weighted by atomic mass is 35.5. The molecule has 1 aromatic carbocycles. The lowest BCUT2D eigenvalue weighted by Crippen LogP contribution is -2.03. The number of allylic oxidation sites excluding steroid dienone is 4. The van der Waals surface area contributed by atoms with Crippen LogP contribution in [0.1, 0.15) is 48.9 Å². The topological polar surface area (TPSA) is 18.5 Å². The average molecular weight is 351 g/mol. The van der Waals surface area contributed by atoms with Gasteiger partial charge in [-0.3, -0.25) is 0 Å². The molecule has 0 N–H and O–H groups in total. The first kappa shape index (κ1) is 20.6. The van der Waals surface area contributed by atoms with Crippen LogP contribution in [0.4, 0.5) is 0 Å². The number of hydrogen-bond donors (Lipinski definition) is 0. The highest BCUT2D eigenvalue weighted by molar-refractivity contribution is 6.19. The van der Waals surface area contributed by atoms with Crippen molar-refractivity contribution in [2.24, 2.45) is 0 Å². The molecule has 0 bridgehead atoms. The number of ether oxygens (including phenoxy) is 2. The summed E-state index contributed by atoms with van der Waals surface area (Å²) in [5.41, 5.74) is 7.30. The zero-order valence-electron chi connectivity index (χ0n) is 16.2. The van der Waals surface area contributed by atoms with Crippen molar-refractivity contribution in [2.75, 3.05) is 20.1 Å². The summed E-state index contributed by atoms with van der Waals surface area (Å²) < 4.78 is 11.3. The predicted octanol–water partition coefficient (Wildman–Crippen LogP) is 6.08. The molecule has 2 nitrogen and oxygen atoms in total. The summed E-state index contributed by atoms with van der Waals surface area (Å²) in [6.45, 7) is 10.5. The van der Waals surface area contributed by atoms with E-state index in [4.69, 9.17) is 21.1 Å². The quantitative estimate of drug-likeness (QED) is 0.417. The molecule has 0 spiro atoms. The molecule has 24 heavy (non-hydrogen) atoms. The Hall–Kier alpha value is -1.41. The maximum Gasteiger partial charge on any atom is 0.126 e. The van der Waals surface area contributed by atoms with E-state index >= 15 is 0 Å². The van der Waals surface area contributed by atoms with Gasteiger partial charge in [-0.2, -0.15) is 0 Å². The molecule has 0 fully saturated rings. The first-order valence-electron chi connectivity index (χ1n) is 8.45. The van der Waals surface area contributed by atoms with Gasteiger partial charge in [0.05, 0.1) is 14.2 Å². The molecule has 0 aliphatic carbocycles. The summed E-state index contributed by atoms with van der Waals surface area (Å²) in [4.78, 5) is 0. The Morgan fingerprint density at radius 1 is 0.875 bits per heavy atom. The van der Waals surface area contributed by atoms with Crippen LogP contribution in [-0.2, 0) is 6.42 Å². The Labute approximate surface area is 152 Å². The maximum atomic E-state index is 5.81. The fourth-order valence-electron chi connectivity index (χ4n) is 2.96. The number of methoxy groups -OCH3 is 2. The minimum absolute atomic E-state index is 0.613. The Morgan fingerprint density at radius 2 is 1.46 bits per heavy atom. The van der Waals surface area contributed by atoms with Gasteiger partial charge < -0.3 is 9.47 Å². The second-order valence-electron chi connectivity index (χ2n) is 6.40. The van der Waals surface area contributed by atoms with E-state index in [0.29, 0.717) is 5.88 Å². The van der Waals surface area contributed by atoms with Gasteiger partial charge in [-0.1, -0.05) is 23.3 Å². The first-order valence-corrected chi connectivity index (χ1v) is 8.98. The SMILES string of the molecule is COc1c(C)c(C)c(OC)c(C/C=C(\C)CCC=C(C)CCl)c1C. The number of benzene rings is 1. The Balaban J connectivity index is 3.02. The number of halogens is 1. The molecule has 134 valence electrons. The molecule has 1 aromatic rings. The van der Waals surface area contributed by atoms with Crippen molar-refractivity contribution in [3.63, 3.8) is 0 Å². The highest BCUT2D eigenvalue weighted by Gasteiger charge is 2.17. The normalized spacial score (nSPS) is 12.5. The van der Waals surface area contributed by atoms with E-state index in [-0.39, 0.29) is 0 Å². The third kappa shape index (κ3) is 5.04. The van der Waals surface area contributed by atoms with Crippen LogP contribution in [0.3, 0.4) is 0 Å². The molecule has 0 saturated heterocycles. The van der Waals surface area contributed by atoms with Gasteiger partial charge in [0.15, 0.2) is 0 Å². The summed E-state index contributed by atoms with van der Waals surface area (Å²) >= 11 is 5.81. The molecular weight excluding hydrogens is 320 g/mol. The predicted molar refractivity (Wildman–Crippen MR) is 105 cm³/mol. The van der Waals surface area contributed by atoms with Gasteiger partial charge in [0.25, 0.3) is 0 Å². The fraction of sp³-hybridized carbons (Fsp3) is 0.524. The van der Waals surface area contributed by atoms with Crippen molar-refractivity contribution >= 4 is 11.6 Å². The van der Waals surface area contributed by atoms with Gasteiger partial charge in [-0.05, 0) is 70.6 Å². The van der Waals surface area contributed by atoms with Crippen molar-refractivity contribution in [1.82, 2.24) is 0 Å². The minimum Gasteiger partial charge on any atom is -0.496 e. The van der Waals surface area contributed by atoms with Gasteiger partial charge >= 0.3 is 0 Å². The number of hydrogen-bond acceptors (Lipinski definition) is 2. The maximum absolute atomic E-state index is 5.81. The second kappa shape index (κ2) is 9.78. The van der Waals surface area contributed by atoms with E-state index in [9.17, 15) is 0 Å². The Kier molecular flexibility index (Phi) is 8.41. The summed E-state index contributed by atoms with van der Waals surface area (Å²) in [6.07, 6.45) is 7.46. The summed E-state index contributed by atoms with van der Waals surface area (Å²) in [5.74, 6) is 2.56. The number of rotatable bonds is 8. The third-order valence-corrected chi connectivity index (χ3v) is 5.04. The monoisotopic (exact) mass is 350 g/mol. The molecule has 0 saturated carbocycles. The highest BCUT2D eigenvalue weighted by Crippen LogP contribution is 2.38. The summed E-state index contributed by atoms with van der Waals surface area (Å²) in [7, 11) is 3.48. The lowest BCUT2D eigenvalue weighted by molar-refractivity contribution is 0.391. The molecule has 0 unspecified atom stereocenters. The van der Waals surface area contributed by atoms with E-state index < -0.39 is 0 Å². The van der Waals surface area contributed by atoms with Crippen molar-refractivity contribution in [2.45, 2.75) is 53.9 Å². The Morgan fingerprint density at radius 3 is 2.00 bits per heavy atom. The molecule has 0 amide bonds. The van der Waals surface area contributed by atoms with E-state index in [2.05, 4.69) is 46.8 Å². The average Bonchev–Trinajstić information content (AvgIpc) is 2.57. The largest absolute Gasteiger partial charge is 0.496 e. The van der Waals surface area contributed by atoms with Gasteiger partial charge in [0.2, 0.25) is 0 Å². The summed E-state index contributed by atoms with van der Waals surface area (Å²) in [6, 6.07) is 0. The fourth-order valence-corrected chi connectivity index (χ4v) is 3.07. The lowest BCUT2D eigenvalue weighted by Gasteiger charge is -2.20. The van der Waals surface area contributed by atoms with Crippen LogP contribution in [-0.4, -0.2) is 20.1 Å². The van der Waals surface area contributed by atoms with Gasteiger partial charge in [0.1, 0.15) is 11.5 Å². The van der Waals surface area contributed by atoms with Crippen molar-refractivity contribution in [3.05, 3.63) is 45.6 Å². The van der Waals surface area contributed by atoms with Crippen LogP contribution in [0.2, 0.25) is 0 Å². The lowest BCUT2D eigenvalue weighted by atomic mass is 9.94. The van der Waals surface area contributed by atoms with E-state index in [1.165, 1.54) is 22.3 Å². The second-order valence-corrected chi connectivity index (χ2v) is 6.66. The van der Waals surface area contributed by atoms with E-state index in [1.807, 2.05) is 0 Å². The zero-order chi connectivity index (χ0) is 18.3. The molecule has 0 aliphatic heterocycles. The minimum atomic E-state index is 0.613. The van der Waals surface area contributed by atoms with Crippen LogP contribution in [0.15, 0.2) is 23.3 Å². The summed E-state index contributed by atoms with van der Waals surface area (Å²) in [5, 5.41) is 0.